The number of hydrogen-bond donors (Lipinski definition) is 2. The zero-order valence-electron chi connectivity index (χ0n) is 11.0. The van der Waals surface area contributed by atoms with Crippen LogP contribution >= 0.6 is 23.2 Å². The minimum atomic E-state index is 0.120. The molecule has 0 aliphatic carbocycles. The fourth-order valence-corrected chi connectivity index (χ4v) is 2.38. The molecule has 0 saturated carbocycles. The molecule has 0 aliphatic rings. The van der Waals surface area contributed by atoms with Crippen molar-refractivity contribution < 1.29 is 5.11 Å². The summed E-state index contributed by atoms with van der Waals surface area (Å²) < 4.78 is 0. The average molecular weight is 290 g/mol. The van der Waals surface area contributed by atoms with Crippen LogP contribution in [0.15, 0.2) is 12.1 Å². The smallest absolute Gasteiger partial charge is 0.138 e. The molecular weight excluding hydrogens is 269 g/mol. The highest BCUT2D eigenvalue weighted by Gasteiger charge is 2.09. The molecule has 18 heavy (non-hydrogen) atoms. The van der Waals surface area contributed by atoms with Gasteiger partial charge < -0.3 is 10.4 Å². The zero-order valence-corrected chi connectivity index (χ0v) is 12.5. The Morgan fingerprint density at radius 1 is 1.28 bits per heavy atom. The van der Waals surface area contributed by atoms with Gasteiger partial charge in [0.25, 0.3) is 0 Å². The minimum absolute atomic E-state index is 0.120. The molecule has 0 bridgehead atoms. The predicted octanol–water partition coefficient (Wildman–Crippen LogP) is 4.76. The second-order valence-corrected chi connectivity index (χ2v) is 5.52. The highest BCUT2D eigenvalue weighted by molar-refractivity contribution is 6.35. The maximum Gasteiger partial charge on any atom is 0.138 e. The van der Waals surface area contributed by atoms with Crippen LogP contribution in [-0.4, -0.2) is 11.1 Å². The molecule has 1 rings (SSSR count). The van der Waals surface area contributed by atoms with Crippen molar-refractivity contribution in [2.45, 2.75) is 52.1 Å². The van der Waals surface area contributed by atoms with E-state index in [0.29, 0.717) is 22.6 Å². The van der Waals surface area contributed by atoms with E-state index in [1.54, 1.807) is 12.1 Å². The van der Waals surface area contributed by atoms with Crippen molar-refractivity contribution >= 4 is 23.2 Å². The molecule has 102 valence electrons. The fourth-order valence-electron chi connectivity index (χ4n) is 1.84. The van der Waals surface area contributed by atoms with Gasteiger partial charge >= 0.3 is 0 Å². The Morgan fingerprint density at radius 3 is 2.67 bits per heavy atom. The first kappa shape index (κ1) is 15.6. The third-order valence-corrected chi connectivity index (χ3v) is 3.50. The van der Waals surface area contributed by atoms with E-state index in [4.69, 9.17) is 23.2 Å². The Morgan fingerprint density at radius 2 is 2.00 bits per heavy atom. The predicted molar refractivity (Wildman–Crippen MR) is 78.6 cm³/mol. The van der Waals surface area contributed by atoms with Crippen LogP contribution in [0.25, 0.3) is 0 Å². The van der Waals surface area contributed by atoms with Crippen LogP contribution in [0.5, 0.6) is 5.75 Å². The molecule has 1 aromatic rings. The number of unbranched alkanes of at least 4 members (excludes halogenated alkanes) is 2. The van der Waals surface area contributed by atoms with Crippen LogP contribution in [0.1, 0.15) is 45.1 Å². The summed E-state index contributed by atoms with van der Waals surface area (Å²) >= 11 is 11.8. The van der Waals surface area contributed by atoms with Crippen molar-refractivity contribution in [3.63, 3.8) is 0 Å². The van der Waals surface area contributed by atoms with Gasteiger partial charge in [0.1, 0.15) is 5.75 Å². The van der Waals surface area contributed by atoms with Crippen molar-refractivity contribution in [1.29, 1.82) is 0 Å². The number of halogens is 2. The first-order valence-corrected chi connectivity index (χ1v) is 7.20. The minimum Gasteiger partial charge on any atom is -0.506 e. The number of nitrogens with one attached hydrogen (secondary N) is 1. The van der Waals surface area contributed by atoms with Gasteiger partial charge in [-0.25, -0.2) is 0 Å². The number of phenolic OH excluding ortho intramolecular Hbond substituents is 1. The Labute approximate surface area is 119 Å². The lowest BCUT2D eigenvalue weighted by Gasteiger charge is -2.15. The quantitative estimate of drug-likeness (QED) is 0.710. The molecule has 2 nitrogen and oxygen atoms in total. The fraction of sp³-hybridized carbons (Fsp3) is 0.571. The standard InChI is InChI=1S/C14H21Cl2NO/c1-3-4-5-6-10(2)17-9-11-7-12(15)8-13(16)14(11)18/h7-8,10,17-18H,3-6,9H2,1-2H3. The van der Waals surface area contributed by atoms with Crippen molar-refractivity contribution in [3.8, 4) is 5.75 Å². The molecule has 1 atom stereocenters. The zero-order chi connectivity index (χ0) is 13.5. The summed E-state index contributed by atoms with van der Waals surface area (Å²) in [6.07, 6.45) is 4.87. The summed E-state index contributed by atoms with van der Waals surface area (Å²) in [6, 6.07) is 3.72. The second kappa shape index (κ2) is 7.88. The third-order valence-electron chi connectivity index (χ3n) is 2.99. The summed E-state index contributed by atoms with van der Waals surface area (Å²) in [4.78, 5) is 0. The molecule has 4 heteroatoms. The van der Waals surface area contributed by atoms with Gasteiger partial charge in [-0.15, -0.1) is 0 Å². The second-order valence-electron chi connectivity index (χ2n) is 4.67. The van der Waals surface area contributed by atoms with Crippen molar-refractivity contribution in [2.75, 3.05) is 0 Å². The van der Waals surface area contributed by atoms with Gasteiger partial charge in [0, 0.05) is 23.2 Å². The molecule has 0 heterocycles. The largest absolute Gasteiger partial charge is 0.506 e. The average Bonchev–Trinajstić information content (AvgIpc) is 2.32. The van der Waals surface area contributed by atoms with Crippen LogP contribution in [0.3, 0.4) is 0 Å². The molecule has 1 aromatic carbocycles. The molecule has 0 saturated heterocycles. The lowest BCUT2D eigenvalue weighted by Crippen LogP contribution is -2.25. The molecule has 0 fully saturated rings. The summed E-state index contributed by atoms with van der Waals surface area (Å²) in [7, 11) is 0. The summed E-state index contributed by atoms with van der Waals surface area (Å²) in [6.45, 7) is 4.93. The van der Waals surface area contributed by atoms with Crippen LogP contribution < -0.4 is 5.32 Å². The van der Waals surface area contributed by atoms with E-state index in [0.717, 1.165) is 12.0 Å². The van der Waals surface area contributed by atoms with Crippen LogP contribution in [-0.2, 0) is 6.54 Å². The summed E-state index contributed by atoms with van der Waals surface area (Å²) in [5, 5.41) is 14.0. The van der Waals surface area contributed by atoms with E-state index in [-0.39, 0.29) is 5.75 Å². The van der Waals surface area contributed by atoms with E-state index >= 15 is 0 Å². The highest BCUT2D eigenvalue weighted by atomic mass is 35.5. The van der Waals surface area contributed by atoms with Gasteiger partial charge in [0.2, 0.25) is 0 Å². The maximum atomic E-state index is 9.82. The molecule has 0 amide bonds. The van der Waals surface area contributed by atoms with Gasteiger partial charge in [0.05, 0.1) is 5.02 Å². The number of hydrogen-bond acceptors (Lipinski definition) is 2. The first-order valence-electron chi connectivity index (χ1n) is 6.44. The Kier molecular flexibility index (Phi) is 6.83. The lowest BCUT2D eigenvalue weighted by atomic mass is 10.1. The number of rotatable bonds is 7. The highest BCUT2D eigenvalue weighted by Crippen LogP contribution is 2.31. The number of benzene rings is 1. The van der Waals surface area contributed by atoms with Gasteiger partial charge in [-0.3, -0.25) is 0 Å². The molecule has 1 unspecified atom stereocenters. The molecule has 2 N–H and O–H groups in total. The van der Waals surface area contributed by atoms with Crippen LogP contribution in [0.2, 0.25) is 10.0 Å². The molecule has 0 aromatic heterocycles. The van der Waals surface area contributed by atoms with Gasteiger partial charge in [0.15, 0.2) is 0 Å². The monoisotopic (exact) mass is 289 g/mol. The van der Waals surface area contributed by atoms with E-state index in [1.807, 2.05) is 0 Å². The van der Waals surface area contributed by atoms with Crippen LogP contribution in [0, 0.1) is 0 Å². The van der Waals surface area contributed by atoms with E-state index in [9.17, 15) is 5.11 Å². The summed E-state index contributed by atoms with van der Waals surface area (Å²) in [5.74, 6) is 0.120. The Bertz CT molecular complexity index is 382. The SMILES string of the molecule is CCCCCC(C)NCc1cc(Cl)cc(Cl)c1O. The lowest BCUT2D eigenvalue weighted by molar-refractivity contribution is 0.450. The third kappa shape index (κ3) is 5.05. The van der Waals surface area contributed by atoms with E-state index < -0.39 is 0 Å². The molecular formula is C14H21Cl2NO. The van der Waals surface area contributed by atoms with Crippen LogP contribution in [0.4, 0.5) is 0 Å². The van der Waals surface area contributed by atoms with Crippen molar-refractivity contribution in [3.05, 3.63) is 27.7 Å². The summed E-state index contributed by atoms with van der Waals surface area (Å²) in [5.41, 5.74) is 0.745. The topological polar surface area (TPSA) is 32.3 Å². The molecule has 0 spiro atoms. The van der Waals surface area contributed by atoms with Gasteiger partial charge in [-0.1, -0.05) is 49.4 Å². The van der Waals surface area contributed by atoms with Gasteiger partial charge in [-0.05, 0) is 25.5 Å². The number of aromatic hydroxyl groups is 1. The Balaban J connectivity index is 2.48. The van der Waals surface area contributed by atoms with E-state index in [1.165, 1.54) is 19.3 Å². The Hall–Kier alpha value is -0.440. The number of phenols is 1. The maximum absolute atomic E-state index is 9.82. The van der Waals surface area contributed by atoms with Gasteiger partial charge in [-0.2, -0.15) is 0 Å². The first-order chi connectivity index (χ1) is 8.54. The van der Waals surface area contributed by atoms with Crippen molar-refractivity contribution in [2.24, 2.45) is 0 Å². The molecule has 0 radical (unpaired) electrons. The normalized spacial score (nSPS) is 12.7. The molecule has 0 aliphatic heterocycles. The van der Waals surface area contributed by atoms with Crippen molar-refractivity contribution in [1.82, 2.24) is 5.32 Å². The van der Waals surface area contributed by atoms with E-state index in [2.05, 4.69) is 19.2 Å².